The van der Waals surface area contributed by atoms with Crippen LogP contribution in [-0.4, -0.2) is 43.8 Å². The van der Waals surface area contributed by atoms with Crippen LogP contribution in [0.5, 0.6) is 0 Å². The van der Waals surface area contributed by atoms with Crippen molar-refractivity contribution in [1.82, 2.24) is 10.2 Å². The number of carbonyl (C=O) groups excluding carboxylic acids is 2. The second-order valence-electron chi connectivity index (χ2n) is 10.0. The number of hydrogen-bond donors (Lipinski definition) is 1. The van der Waals surface area contributed by atoms with Gasteiger partial charge in [0.2, 0.25) is 11.8 Å². The fourth-order valence-corrected chi connectivity index (χ4v) is 5.97. The van der Waals surface area contributed by atoms with Crippen LogP contribution < -0.4 is 9.62 Å². The van der Waals surface area contributed by atoms with Gasteiger partial charge in [0.25, 0.3) is 10.0 Å². The van der Waals surface area contributed by atoms with Crippen molar-refractivity contribution >= 4 is 27.5 Å². The summed E-state index contributed by atoms with van der Waals surface area (Å²) in [4.78, 5) is 28.8. The molecule has 0 unspecified atom stereocenters. The number of sulfonamides is 1. The Morgan fingerprint density at radius 3 is 2.15 bits per heavy atom. The number of nitrogens with one attached hydrogen (secondary N) is 1. The van der Waals surface area contributed by atoms with Crippen molar-refractivity contribution < 1.29 is 22.4 Å². The highest BCUT2D eigenvalue weighted by atomic mass is 32.2. The van der Waals surface area contributed by atoms with Gasteiger partial charge in [-0.15, -0.1) is 0 Å². The second-order valence-corrected chi connectivity index (χ2v) is 11.9. The topological polar surface area (TPSA) is 86.8 Å². The third-order valence-corrected chi connectivity index (χ3v) is 8.66. The van der Waals surface area contributed by atoms with Gasteiger partial charge in [-0.1, -0.05) is 61.9 Å². The number of halogens is 1. The lowest BCUT2D eigenvalue weighted by atomic mass is 10.1. The molecule has 3 aromatic rings. The summed E-state index contributed by atoms with van der Waals surface area (Å²) in [6.07, 6.45) is 1.02. The van der Waals surface area contributed by atoms with Gasteiger partial charge in [-0.05, 0) is 75.1 Å². The summed E-state index contributed by atoms with van der Waals surface area (Å²) in [5, 5.41) is 2.94. The van der Waals surface area contributed by atoms with E-state index in [9.17, 15) is 22.4 Å². The normalized spacial score (nSPS) is 12.8. The van der Waals surface area contributed by atoms with Crippen LogP contribution >= 0.6 is 0 Å². The first-order valence-electron chi connectivity index (χ1n) is 13.5. The van der Waals surface area contributed by atoms with E-state index >= 15 is 0 Å². The summed E-state index contributed by atoms with van der Waals surface area (Å²) in [5.41, 5.74) is 2.64. The Morgan fingerprint density at radius 1 is 0.925 bits per heavy atom. The van der Waals surface area contributed by atoms with Crippen LogP contribution in [0.1, 0.15) is 50.3 Å². The molecule has 2 amide bonds. The standard InChI is InChI=1S/C31H38FN3O4S/c1-6-24(5)33-31(37)28(7-2)34(20-25-14-16-26(32)17-15-25)30(36)21-35(29-18-13-22(3)19-23(29)4)40(38,39)27-11-9-8-10-12-27/h8-19,24,28H,6-7,20-21H2,1-5H3,(H,33,37)/t24-,28+/m1/s1. The van der Waals surface area contributed by atoms with Gasteiger partial charge < -0.3 is 10.2 Å². The van der Waals surface area contributed by atoms with E-state index in [1.165, 1.54) is 29.2 Å². The zero-order valence-corrected chi connectivity index (χ0v) is 24.5. The fraction of sp³-hybridized carbons (Fsp3) is 0.355. The average molecular weight is 568 g/mol. The predicted octanol–water partition coefficient (Wildman–Crippen LogP) is 5.36. The van der Waals surface area contributed by atoms with Gasteiger partial charge in [0, 0.05) is 12.6 Å². The molecule has 0 aliphatic carbocycles. The Balaban J connectivity index is 2.07. The van der Waals surface area contributed by atoms with E-state index < -0.39 is 34.3 Å². The van der Waals surface area contributed by atoms with Crippen molar-refractivity contribution in [3.05, 3.63) is 95.3 Å². The van der Waals surface area contributed by atoms with Gasteiger partial charge in [-0.3, -0.25) is 13.9 Å². The zero-order chi connectivity index (χ0) is 29.4. The van der Waals surface area contributed by atoms with Gasteiger partial charge in [0.05, 0.1) is 10.6 Å². The van der Waals surface area contributed by atoms with Crippen LogP contribution in [0.25, 0.3) is 0 Å². The molecule has 9 heteroatoms. The van der Waals surface area contributed by atoms with E-state index in [4.69, 9.17) is 0 Å². The number of amides is 2. The summed E-state index contributed by atoms with van der Waals surface area (Å²) in [6, 6.07) is 18.0. The lowest BCUT2D eigenvalue weighted by Gasteiger charge is -2.34. The molecule has 0 radical (unpaired) electrons. The van der Waals surface area contributed by atoms with Crippen LogP contribution in [0.3, 0.4) is 0 Å². The number of carbonyl (C=O) groups is 2. The van der Waals surface area contributed by atoms with Crippen molar-refractivity contribution in [2.24, 2.45) is 0 Å². The number of nitrogens with zero attached hydrogens (tertiary/aromatic N) is 2. The van der Waals surface area contributed by atoms with E-state index in [-0.39, 0.29) is 23.4 Å². The number of benzene rings is 3. The molecule has 0 aliphatic heterocycles. The zero-order valence-electron chi connectivity index (χ0n) is 23.7. The highest BCUT2D eigenvalue weighted by molar-refractivity contribution is 7.92. The van der Waals surface area contributed by atoms with E-state index in [2.05, 4.69) is 5.32 Å². The Kier molecular flexibility index (Phi) is 10.5. The van der Waals surface area contributed by atoms with E-state index in [0.717, 1.165) is 9.87 Å². The fourth-order valence-electron chi connectivity index (χ4n) is 4.47. The van der Waals surface area contributed by atoms with Gasteiger partial charge in [-0.25, -0.2) is 12.8 Å². The van der Waals surface area contributed by atoms with Crippen LogP contribution in [0.4, 0.5) is 10.1 Å². The molecule has 7 nitrogen and oxygen atoms in total. The Labute approximate surface area is 237 Å². The van der Waals surface area contributed by atoms with Crippen molar-refractivity contribution in [2.45, 2.75) is 71.0 Å². The summed E-state index contributed by atoms with van der Waals surface area (Å²) >= 11 is 0. The van der Waals surface area contributed by atoms with Crippen molar-refractivity contribution in [3.8, 4) is 0 Å². The molecule has 0 saturated carbocycles. The third kappa shape index (κ3) is 7.47. The van der Waals surface area contributed by atoms with Crippen LogP contribution in [0.15, 0.2) is 77.7 Å². The number of hydrogen-bond acceptors (Lipinski definition) is 4. The highest BCUT2D eigenvalue weighted by Gasteiger charge is 2.34. The predicted molar refractivity (Wildman–Crippen MR) is 156 cm³/mol. The molecule has 0 spiro atoms. The lowest BCUT2D eigenvalue weighted by molar-refractivity contribution is -0.140. The van der Waals surface area contributed by atoms with Gasteiger partial charge >= 0.3 is 0 Å². The first kappa shape index (κ1) is 30.8. The lowest BCUT2D eigenvalue weighted by Crippen LogP contribution is -2.53. The van der Waals surface area contributed by atoms with Gasteiger partial charge in [0.15, 0.2) is 0 Å². The number of rotatable bonds is 12. The Hall–Kier alpha value is -3.72. The molecule has 0 aromatic heterocycles. The smallest absolute Gasteiger partial charge is 0.264 e. The van der Waals surface area contributed by atoms with Crippen LogP contribution in [-0.2, 0) is 26.2 Å². The molecule has 40 heavy (non-hydrogen) atoms. The molecule has 0 fully saturated rings. The SMILES string of the molecule is CC[C@@H](C)NC(=O)[C@H](CC)N(Cc1ccc(F)cc1)C(=O)CN(c1ccc(C)cc1C)S(=O)(=O)c1ccccc1. The molecular formula is C31H38FN3O4S. The molecule has 2 atom stereocenters. The van der Waals surface area contributed by atoms with Gasteiger partial charge in [-0.2, -0.15) is 0 Å². The molecule has 0 heterocycles. The van der Waals surface area contributed by atoms with Crippen LogP contribution in [0.2, 0.25) is 0 Å². The molecule has 3 aromatic carbocycles. The third-order valence-electron chi connectivity index (χ3n) is 6.88. The first-order chi connectivity index (χ1) is 19.0. The summed E-state index contributed by atoms with van der Waals surface area (Å²) in [5.74, 6) is -1.29. The van der Waals surface area contributed by atoms with E-state index in [1.807, 2.05) is 26.8 Å². The largest absolute Gasteiger partial charge is 0.352 e. The average Bonchev–Trinajstić information content (AvgIpc) is 2.93. The monoisotopic (exact) mass is 567 g/mol. The summed E-state index contributed by atoms with van der Waals surface area (Å²) in [7, 11) is -4.14. The Morgan fingerprint density at radius 2 is 1.57 bits per heavy atom. The number of anilines is 1. The van der Waals surface area contributed by atoms with E-state index in [0.29, 0.717) is 29.7 Å². The maximum atomic E-state index is 14.1. The first-order valence-corrected chi connectivity index (χ1v) is 14.9. The second kappa shape index (κ2) is 13.6. The molecule has 3 rings (SSSR count). The van der Waals surface area contributed by atoms with Crippen molar-refractivity contribution in [1.29, 1.82) is 0 Å². The minimum atomic E-state index is -4.14. The highest BCUT2D eigenvalue weighted by Crippen LogP contribution is 2.28. The maximum Gasteiger partial charge on any atom is 0.264 e. The van der Waals surface area contributed by atoms with E-state index in [1.54, 1.807) is 56.3 Å². The Bertz CT molecular complexity index is 1410. The van der Waals surface area contributed by atoms with Crippen molar-refractivity contribution in [3.63, 3.8) is 0 Å². The summed E-state index contributed by atoms with van der Waals surface area (Å²) in [6.45, 7) is 8.82. The molecular weight excluding hydrogens is 529 g/mol. The molecule has 0 saturated heterocycles. The molecule has 1 N–H and O–H groups in total. The molecule has 214 valence electrons. The summed E-state index contributed by atoms with van der Waals surface area (Å²) < 4.78 is 42.6. The minimum absolute atomic E-state index is 0.0116. The minimum Gasteiger partial charge on any atom is -0.352 e. The van der Waals surface area contributed by atoms with Crippen molar-refractivity contribution in [2.75, 3.05) is 10.8 Å². The molecule has 0 bridgehead atoms. The number of aryl methyl sites for hydroxylation is 2. The van der Waals surface area contributed by atoms with Gasteiger partial charge in [0.1, 0.15) is 18.4 Å². The molecule has 0 aliphatic rings. The van der Waals surface area contributed by atoms with Crippen LogP contribution in [0, 0.1) is 19.7 Å². The maximum absolute atomic E-state index is 14.1. The quantitative estimate of drug-likeness (QED) is 0.319.